The van der Waals surface area contributed by atoms with Crippen LogP contribution in [0.5, 0.6) is 0 Å². The molecule has 2 heterocycles. The third kappa shape index (κ3) is 2.31. The van der Waals surface area contributed by atoms with Crippen molar-refractivity contribution in [3.8, 4) is 0 Å². The van der Waals surface area contributed by atoms with Gasteiger partial charge < -0.3 is 0 Å². The summed E-state index contributed by atoms with van der Waals surface area (Å²) in [7, 11) is 1.86. The minimum absolute atomic E-state index is 0.249. The lowest BCUT2D eigenvalue weighted by Gasteiger charge is -2.06. The van der Waals surface area contributed by atoms with Crippen molar-refractivity contribution >= 4 is 15.9 Å². The first-order valence-corrected chi connectivity index (χ1v) is 5.99. The number of hydrogen-bond acceptors (Lipinski definition) is 3. The molecule has 0 atom stereocenters. The first-order valence-electron chi connectivity index (χ1n) is 5.20. The SMILES string of the molecule is Cc1cnc(=O)n(Cc2c(Br)c(C)nn2C)c1. The van der Waals surface area contributed by atoms with E-state index in [9.17, 15) is 4.79 Å². The van der Waals surface area contributed by atoms with Crippen molar-refractivity contribution in [2.75, 3.05) is 0 Å². The summed E-state index contributed by atoms with van der Waals surface area (Å²) >= 11 is 3.48. The van der Waals surface area contributed by atoms with Gasteiger partial charge in [-0.25, -0.2) is 9.78 Å². The molecule has 17 heavy (non-hydrogen) atoms. The third-order valence-corrected chi connectivity index (χ3v) is 3.60. The van der Waals surface area contributed by atoms with Gasteiger partial charge in [-0.15, -0.1) is 0 Å². The van der Waals surface area contributed by atoms with Gasteiger partial charge in [0.2, 0.25) is 0 Å². The second kappa shape index (κ2) is 4.44. The zero-order valence-electron chi connectivity index (χ0n) is 9.94. The van der Waals surface area contributed by atoms with Crippen LogP contribution in [0.2, 0.25) is 0 Å². The third-order valence-electron chi connectivity index (χ3n) is 2.57. The van der Waals surface area contributed by atoms with Gasteiger partial charge in [0.1, 0.15) is 0 Å². The molecular weight excluding hydrogens is 284 g/mol. The van der Waals surface area contributed by atoms with Gasteiger partial charge in [0.05, 0.1) is 22.4 Å². The highest BCUT2D eigenvalue weighted by molar-refractivity contribution is 9.10. The quantitative estimate of drug-likeness (QED) is 0.842. The largest absolute Gasteiger partial charge is 0.347 e. The van der Waals surface area contributed by atoms with Gasteiger partial charge in [0.15, 0.2) is 0 Å². The number of hydrogen-bond donors (Lipinski definition) is 0. The highest BCUT2D eigenvalue weighted by Gasteiger charge is 2.11. The van der Waals surface area contributed by atoms with Crippen molar-refractivity contribution in [3.05, 3.63) is 44.3 Å². The van der Waals surface area contributed by atoms with Crippen molar-refractivity contribution in [2.45, 2.75) is 20.4 Å². The minimum Gasteiger partial charge on any atom is -0.293 e. The molecule has 90 valence electrons. The fourth-order valence-corrected chi connectivity index (χ4v) is 2.15. The number of rotatable bonds is 2. The van der Waals surface area contributed by atoms with Gasteiger partial charge in [-0.3, -0.25) is 9.25 Å². The smallest absolute Gasteiger partial charge is 0.293 e. The van der Waals surface area contributed by atoms with E-state index in [0.29, 0.717) is 6.54 Å². The van der Waals surface area contributed by atoms with Gasteiger partial charge in [-0.05, 0) is 35.3 Å². The van der Waals surface area contributed by atoms with E-state index in [1.54, 1.807) is 21.6 Å². The normalized spacial score (nSPS) is 10.8. The van der Waals surface area contributed by atoms with Crippen molar-refractivity contribution in [2.24, 2.45) is 7.05 Å². The van der Waals surface area contributed by atoms with E-state index in [1.165, 1.54) is 0 Å². The van der Waals surface area contributed by atoms with Gasteiger partial charge in [-0.1, -0.05) is 0 Å². The van der Waals surface area contributed by atoms with Crippen LogP contribution in [0.3, 0.4) is 0 Å². The zero-order valence-corrected chi connectivity index (χ0v) is 11.5. The molecular formula is C11H13BrN4O. The highest BCUT2D eigenvalue weighted by Crippen LogP contribution is 2.20. The van der Waals surface area contributed by atoms with E-state index >= 15 is 0 Å². The molecule has 0 aliphatic heterocycles. The predicted molar refractivity (Wildman–Crippen MR) is 68.0 cm³/mol. The Labute approximate surface area is 107 Å². The van der Waals surface area contributed by atoms with Crippen molar-refractivity contribution < 1.29 is 0 Å². The Bertz CT molecular complexity index is 614. The Balaban J connectivity index is 2.44. The lowest BCUT2D eigenvalue weighted by molar-refractivity contribution is 0.637. The molecule has 0 unspecified atom stereocenters. The second-order valence-electron chi connectivity index (χ2n) is 4.01. The van der Waals surface area contributed by atoms with E-state index < -0.39 is 0 Å². The summed E-state index contributed by atoms with van der Waals surface area (Å²) in [4.78, 5) is 15.4. The van der Waals surface area contributed by atoms with Gasteiger partial charge in [-0.2, -0.15) is 5.10 Å². The molecule has 0 N–H and O–H groups in total. The lowest BCUT2D eigenvalue weighted by Crippen LogP contribution is -2.24. The molecule has 0 aliphatic carbocycles. The Morgan fingerprint density at radius 2 is 2.12 bits per heavy atom. The maximum Gasteiger partial charge on any atom is 0.347 e. The van der Waals surface area contributed by atoms with Crippen LogP contribution in [0.15, 0.2) is 21.7 Å². The molecule has 6 heteroatoms. The van der Waals surface area contributed by atoms with Crippen LogP contribution in [-0.2, 0) is 13.6 Å². The summed E-state index contributed by atoms with van der Waals surface area (Å²) < 4.78 is 4.29. The van der Waals surface area contributed by atoms with E-state index in [4.69, 9.17) is 0 Å². The van der Waals surface area contributed by atoms with Crippen LogP contribution in [0, 0.1) is 13.8 Å². The molecule has 0 aromatic carbocycles. The summed E-state index contributed by atoms with van der Waals surface area (Å²) in [6.07, 6.45) is 3.37. The summed E-state index contributed by atoms with van der Waals surface area (Å²) in [6.45, 7) is 4.29. The molecule has 0 fully saturated rings. The molecule has 0 saturated carbocycles. The molecule has 0 amide bonds. The Hall–Kier alpha value is -1.43. The Morgan fingerprint density at radius 1 is 1.41 bits per heavy atom. The van der Waals surface area contributed by atoms with Crippen molar-refractivity contribution in [3.63, 3.8) is 0 Å². The molecule has 0 spiro atoms. The maximum atomic E-state index is 11.6. The average molecular weight is 297 g/mol. The average Bonchev–Trinajstić information content (AvgIpc) is 2.50. The molecule has 2 rings (SSSR count). The Kier molecular flexibility index (Phi) is 3.15. The molecule has 0 bridgehead atoms. The lowest BCUT2D eigenvalue weighted by atomic mass is 10.3. The first-order chi connectivity index (χ1) is 7.99. The molecule has 0 aliphatic rings. The summed E-state index contributed by atoms with van der Waals surface area (Å²) in [5, 5.41) is 4.29. The first kappa shape index (κ1) is 12.0. The maximum absolute atomic E-state index is 11.6. The van der Waals surface area contributed by atoms with E-state index in [0.717, 1.165) is 21.4 Å². The fourth-order valence-electron chi connectivity index (χ4n) is 1.69. The summed E-state index contributed by atoms with van der Waals surface area (Å²) in [6, 6.07) is 0. The monoisotopic (exact) mass is 296 g/mol. The Morgan fingerprint density at radius 3 is 2.71 bits per heavy atom. The van der Waals surface area contributed by atoms with Crippen LogP contribution in [-0.4, -0.2) is 19.3 Å². The van der Waals surface area contributed by atoms with Crippen LogP contribution < -0.4 is 5.69 Å². The van der Waals surface area contributed by atoms with Crippen LogP contribution >= 0.6 is 15.9 Å². The van der Waals surface area contributed by atoms with E-state index in [-0.39, 0.29) is 5.69 Å². The zero-order chi connectivity index (χ0) is 12.6. The fraction of sp³-hybridized carbons (Fsp3) is 0.364. The molecule has 5 nitrogen and oxygen atoms in total. The van der Waals surface area contributed by atoms with Crippen LogP contribution in [0.25, 0.3) is 0 Å². The number of halogens is 1. The van der Waals surface area contributed by atoms with Crippen LogP contribution in [0.4, 0.5) is 0 Å². The van der Waals surface area contributed by atoms with Gasteiger partial charge in [0, 0.05) is 19.4 Å². The number of aromatic nitrogens is 4. The van der Waals surface area contributed by atoms with Crippen molar-refractivity contribution in [1.82, 2.24) is 19.3 Å². The summed E-state index contributed by atoms with van der Waals surface area (Å²) in [5.74, 6) is 0. The van der Waals surface area contributed by atoms with Crippen LogP contribution in [0.1, 0.15) is 17.0 Å². The van der Waals surface area contributed by atoms with E-state index in [1.807, 2.05) is 20.9 Å². The predicted octanol–water partition coefficient (Wildman–Crippen LogP) is 1.40. The number of nitrogens with zero attached hydrogens (tertiary/aromatic N) is 4. The van der Waals surface area contributed by atoms with Crippen molar-refractivity contribution in [1.29, 1.82) is 0 Å². The van der Waals surface area contributed by atoms with Gasteiger partial charge in [0.25, 0.3) is 0 Å². The minimum atomic E-state index is -0.249. The molecule has 0 radical (unpaired) electrons. The molecule has 2 aromatic heterocycles. The second-order valence-corrected chi connectivity index (χ2v) is 4.80. The summed E-state index contributed by atoms with van der Waals surface area (Å²) in [5.41, 5.74) is 2.58. The topological polar surface area (TPSA) is 52.7 Å². The number of aryl methyl sites for hydroxylation is 3. The molecule has 2 aromatic rings. The highest BCUT2D eigenvalue weighted by atomic mass is 79.9. The van der Waals surface area contributed by atoms with Gasteiger partial charge >= 0.3 is 5.69 Å². The van der Waals surface area contributed by atoms with E-state index in [2.05, 4.69) is 26.0 Å². The molecule has 0 saturated heterocycles. The standard InChI is InChI=1S/C11H13BrN4O/c1-7-4-13-11(17)16(5-7)6-9-10(12)8(2)14-15(9)3/h4-5H,6H2,1-3H3.